The molecule has 0 aromatic heterocycles. The number of likely N-dealkylation sites (tertiary alicyclic amines) is 1. The van der Waals surface area contributed by atoms with Crippen LogP contribution >= 0.6 is 0 Å². The zero-order chi connectivity index (χ0) is 14.4. The van der Waals surface area contributed by atoms with Gasteiger partial charge in [-0.1, -0.05) is 30.3 Å². The summed E-state index contributed by atoms with van der Waals surface area (Å²) in [6, 6.07) is 9.46. The van der Waals surface area contributed by atoms with Crippen LogP contribution in [0.3, 0.4) is 0 Å². The highest BCUT2D eigenvalue weighted by atomic mass is 16.6. The van der Waals surface area contributed by atoms with Crippen LogP contribution in [-0.2, 0) is 20.9 Å². The topological polar surface area (TPSA) is 76.1 Å². The van der Waals surface area contributed by atoms with E-state index in [4.69, 9.17) is 14.6 Å². The van der Waals surface area contributed by atoms with Crippen molar-refractivity contribution < 1.29 is 24.2 Å². The first-order valence-corrected chi connectivity index (χ1v) is 6.44. The average Bonchev–Trinajstić information content (AvgIpc) is 2.39. The van der Waals surface area contributed by atoms with Gasteiger partial charge in [-0.15, -0.1) is 0 Å². The number of amides is 1. The Morgan fingerprint density at radius 1 is 1.25 bits per heavy atom. The van der Waals surface area contributed by atoms with Gasteiger partial charge in [0, 0.05) is 0 Å². The van der Waals surface area contributed by atoms with Crippen molar-refractivity contribution in [3.05, 3.63) is 35.9 Å². The molecule has 1 fully saturated rings. The fraction of sp³-hybridized carbons (Fsp3) is 0.429. The van der Waals surface area contributed by atoms with Crippen LogP contribution in [0.4, 0.5) is 4.79 Å². The monoisotopic (exact) mass is 279 g/mol. The quantitative estimate of drug-likeness (QED) is 0.854. The summed E-state index contributed by atoms with van der Waals surface area (Å²) >= 11 is 0. The van der Waals surface area contributed by atoms with Crippen molar-refractivity contribution in [3.8, 4) is 0 Å². The van der Waals surface area contributed by atoms with Gasteiger partial charge in [-0.2, -0.15) is 0 Å². The summed E-state index contributed by atoms with van der Waals surface area (Å²) in [4.78, 5) is 23.5. The fourth-order valence-electron chi connectivity index (χ4n) is 1.82. The Hall–Kier alpha value is -2.08. The molecule has 0 saturated carbocycles. The van der Waals surface area contributed by atoms with Crippen LogP contribution in [0.1, 0.15) is 12.0 Å². The van der Waals surface area contributed by atoms with Crippen LogP contribution < -0.4 is 0 Å². The standard InChI is InChI=1S/C14H17NO5/c16-13(17)6-7-19-12-8-15(9-12)14(18)20-10-11-4-2-1-3-5-11/h1-5,12H,6-10H2,(H,16,17). The molecular formula is C14H17NO5. The van der Waals surface area contributed by atoms with Gasteiger partial charge in [-0.3, -0.25) is 4.79 Å². The van der Waals surface area contributed by atoms with Gasteiger partial charge in [-0.05, 0) is 5.56 Å². The average molecular weight is 279 g/mol. The summed E-state index contributed by atoms with van der Waals surface area (Å²) < 4.78 is 10.5. The molecule has 1 N–H and O–H groups in total. The van der Waals surface area contributed by atoms with Crippen molar-refractivity contribution in [1.82, 2.24) is 4.90 Å². The highest BCUT2D eigenvalue weighted by Gasteiger charge is 2.32. The molecule has 108 valence electrons. The zero-order valence-electron chi connectivity index (χ0n) is 11.0. The first kappa shape index (κ1) is 14.3. The molecule has 0 atom stereocenters. The minimum atomic E-state index is -0.886. The molecule has 6 heteroatoms. The van der Waals surface area contributed by atoms with E-state index in [1.807, 2.05) is 30.3 Å². The van der Waals surface area contributed by atoms with Crippen LogP contribution in [0.5, 0.6) is 0 Å². The molecule has 0 unspecified atom stereocenters. The second-order valence-electron chi connectivity index (χ2n) is 4.58. The Labute approximate surface area is 116 Å². The number of aliphatic carboxylic acids is 1. The summed E-state index contributed by atoms with van der Waals surface area (Å²) in [6.07, 6.45) is -0.472. The summed E-state index contributed by atoms with van der Waals surface area (Å²) in [6.45, 7) is 1.33. The van der Waals surface area contributed by atoms with E-state index < -0.39 is 5.97 Å². The molecule has 0 spiro atoms. The molecule has 1 aromatic carbocycles. The molecule has 1 heterocycles. The smallest absolute Gasteiger partial charge is 0.410 e. The number of carbonyl (C=O) groups is 2. The van der Waals surface area contributed by atoms with Gasteiger partial charge >= 0.3 is 12.1 Å². The minimum absolute atomic E-state index is 0.0189. The lowest BCUT2D eigenvalue weighted by atomic mass is 10.2. The number of rotatable bonds is 6. The van der Waals surface area contributed by atoms with Crippen molar-refractivity contribution in [2.24, 2.45) is 0 Å². The third-order valence-electron chi connectivity index (χ3n) is 2.98. The maximum Gasteiger partial charge on any atom is 0.410 e. The van der Waals surface area contributed by atoms with Crippen LogP contribution in [-0.4, -0.2) is 47.9 Å². The van der Waals surface area contributed by atoms with Gasteiger partial charge in [0.25, 0.3) is 0 Å². The predicted molar refractivity (Wildman–Crippen MR) is 70.2 cm³/mol. The van der Waals surface area contributed by atoms with Crippen molar-refractivity contribution in [3.63, 3.8) is 0 Å². The number of ether oxygens (including phenoxy) is 2. The summed E-state index contributed by atoms with van der Waals surface area (Å²) in [5, 5.41) is 8.47. The number of hydrogen-bond acceptors (Lipinski definition) is 4. The lowest BCUT2D eigenvalue weighted by Crippen LogP contribution is -2.55. The van der Waals surface area contributed by atoms with Crippen molar-refractivity contribution in [1.29, 1.82) is 0 Å². The molecule has 2 rings (SSSR count). The van der Waals surface area contributed by atoms with E-state index in [0.29, 0.717) is 13.1 Å². The number of hydrogen-bond donors (Lipinski definition) is 1. The first-order valence-electron chi connectivity index (χ1n) is 6.44. The number of carboxylic acids is 1. The third kappa shape index (κ3) is 4.24. The molecule has 1 aliphatic heterocycles. The number of carboxylic acid groups (broad SMARTS) is 1. The Morgan fingerprint density at radius 3 is 2.60 bits per heavy atom. The number of benzene rings is 1. The molecule has 1 aliphatic rings. The number of carbonyl (C=O) groups excluding carboxylic acids is 1. The normalized spacial score (nSPS) is 14.7. The van der Waals surface area contributed by atoms with Crippen LogP contribution in [0.25, 0.3) is 0 Å². The van der Waals surface area contributed by atoms with E-state index >= 15 is 0 Å². The minimum Gasteiger partial charge on any atom is -0.481 e. The van der Waals surface area contributed by atoms with Crippen molar-refractivity contribution in [2.75, 3.05) is 19.7 Å². The summed E-state index contributed by atoms with van der Waals surface area (Å²) in [7, 11) is 0. The molecule has 0 aliphatic carbocycles. The van der Waals surface area contributed by atoms with Crippen LogP contribution in [0.2, 0.25) is 0 Å². The van der Waals surface area contributed by atoms with E-state index in [0.717, 1.165) is 5.56 Å². The second-order valence-corrected chi connectivity index (χ2v) is 4.58. The molecule has 0 bridgehead atoms. The number of nitrogens with zero attached hydrogens (tertiary/aromatic N) is 1. The maximum atomic E-state index is 11.7. The van der Waals surface area contributed by atoms with Crippen molar-refractivity contribution >= 4 is 12.1 Å². The van der Waals surface area contributed by atoms with Crippen LogP contribution in [0, 0.1) is 0 Å². The third-order valence-corrected chi connectivity index (χ3v) is 2.98. The van der Waals surface area contributed by atoms with Gasteiger partial charge in [-0.25, -0.2) is 4.79 Å². The predicted octanol–water partition coefficient (Wildman–Crippen LogP) is 1.50. The van der Waals surface area contributed by atoms with Gasteiger partial charge in [0.1, 0.15) is 6.61 Å². The Bertz CT molecular complexity index is 456. The second kappa shape index (κ2) is 6.91. The SMILES string of the molecule is O=C(O)CCOC1CN(C(=O)OCc2ccccc2)C1. The van der Waals surface area contributed by atoms with E-state index in [1.54, 1.807) is 0 Å². The van der Waals surface area contributed by atoms with E-state index in [1.165, 1.54) is 4.90 Å². The first-order chi connectivity index (χ1) is 9.65. The Kier molecular flexibility index (Phi) is 4.95. The fourth-order valence-corrected chi connectivity index (χ4v) is 1.82. The summed E-state index contributed by atoms with van der Waals surface area (Å²) in [5.74, 6) is -0.886. The molecule has 1 amide bonds. The highest BCUT2D eigenvalue weighted by Crippen LogP contribution is 2.14. The van der Waals surface area contributed by atoms with Gasteiger partial charge in [0.05, 0.1) is 32.2 Å². The zero-order valence-corrected chi connectivity index (χ0v) is 11.0. The lowest BCUT2D eigenvalue weighted by Gasteiger charge is -2.37. The molecule has 0 radical (unpaired) electrons. The van der Waals surface area contributed by atoms with Crippen LogP contribution in [0.15, 0.2) is 30.3 Å². The molecular weight excluding hydrogens is 262 g/mol. The van der Waals surface area contributed by atoms with Gasteiger partial charge in [0.15, 0.2) is 0 Å². The largest absolute Gasteiger partial charge is 0.481 e. The Morgan fingerprint density at radius 2 is 1.95 bits per heavy atom. The molecule has 1 aromatic rings. The van der Waals surface area contributed by atoms with E-state index in [9.17, 15) is 9.59 Å². The Balaban J connectivity index is 1.60. The maximum absolute atomic E-state index is 11.7. The van der Waals surface area contributed by atoms with Crippen molar-refractivity contribution in [2.45, 2.75) is 19.1 Å². The highest BCUT2D eigenvalue weighted by molar-refractivity contribution is 5.69. The van der Waals surface area contributed by atoms with E-state index in [-0.39, 0.29) is 31.8 Å². The van der Waals surface area contributed by atoms with Gasteiger partial charge in [0.2, 0.25) is 0 Å². The van der Waals surface area contributed by atoms with Gasteiger partial charge < -0.3 is 19.5 Å². The molecule has 1 saturated heterocycles. The lowest BCUT2D eigenvalue weighted by molar-refractivity contribution is -0.139. The molecule has 20 heavy (non-hydrogen) atoms. The summed E-state index contributed by atoms with van der Waals surface area (Å²) in [5.41, 5.74) is 0.940. The van der Waals surface area contributed by atoms with E-state index in [2.05, 4.69) is 0 Å². The molecule has 6 nitrogen and oxygen atoms in total.